The number of oxazole rings is 1. The molecule has 0 aliphatic heterocycles. The lowest BCUT2D eigenvalue weighted by molar-refractivity contribution is 0.232. The Kier molecular flexibility index (Phi) is 3.93. The molecule has 1 N–H and O–H groups in total. The number of nitrogens with zero attached hydrogens (tertiary/aromatic N) is 1. The lowest BCUT2D eigenvalue weighted by atomic mass is 10.3. The fourth-order valence-electron chi connectivity index (χ4n) is 1.35. The van der Waals surface area contributed by atoms with Crippen LogP contribution in [0.15, 0.2) is 19.4 Å². The van der Waals surface area contributed by atoms with Gasteiger partial charge in [-0.1, -0.05) is 13.3 Å². The Morgan fingerprint density at radius 1 is 1.41 bits per heavy atom. The minimum Gasteiger partial charge on any atom is -0.504 e. The van der Waals surface area contributed by atoms with Crippen LogP contribution < -0.4 is 4.74 Å². The summed E-state index contributed by atoms with van der Waals surface area (Å²) in [5.41, 5.74) is 0.870. The minimum atomic E-state index is 0.0530. The second kappa shape index (κ2) is 5.27. The molecule has 92 valence electrons. The van der Waals surface area contributed by atoms with E-state index in [1.54, 1.807) is 6.07 Å². The summed E-state index contributed by atoms with van der Waals surface area (Å²) in [5, 5.41) is 9.82. The molecule has 0 unspecified atom stereocenters. The number of benzene rings is 1. The predicted octanol–water partition coefficient (Wildman–Crippen LogP) is 4.24. The summed E-state index contributed by atoms with van der Waals surface area (Å²) in [5.74, 6) is 0.0530. The van der Waals surface area contributed by atoms with E-state index in [0.717, 1.165) is 17.3 Å². The highest BCUT2D eigenvalue weighted by molar-refractivity contribution is 9.11. The second-order valence-corrected chi connectivity index (χ2v) is 5.26. The number of unbranched alkanes of at least 4 members (excludes halogenated alkanes) is 1. The Labute approximate surface area is 115 Å². The summed E-state index contributed by atoms with van der Waals surface area (Å²) in [6.45, 7) is 2.64. The van der Waals surface area contributed by atoms with Gasteiger partial charge in [0.15, 0.2) is 16.8 Å². The molecule has 6 heteroatoms. The summed E-state index contributed by atoms with van der Waals surface area (Å²) < 4.78 is 12.1. The Hall–Kier alpha value is -0.750. The molecular weight excluding hydrogens is 354 g/mol. The second-order valence-electron chi connectivity index (χ2n) is 3.55. The maximum atomic E-state index is 9.82. The van der Waals surface area contributed by atoms with Gasteiger partial charge in [0.1, 0.15) is 0 Å². The molecule has 2 aromatic rings. The fraction of sp³-hybridized carbons (Fsp3) is 0.364. The number of fused-ring (bicyclic) bond motifs is 1. The lowest BCUT2D eigenvalue weighted by Crippen LogP contribution is -1.95. The molecule has 0 aliphatic rings. The average molecular weight is 365 g/mol. The van der Waals surface area contributed by atoms with Crippen molar-refractivity contribution < 1.29 is 14.3 Å². The molecule has 0 bridgehead atoms. The molecule has 17 heavy (non-hydrogen) atoms. The Morgan fingerprint density at radius 3 is 2.88 bits per heavy atom. The van der Waals surface area contributed by atoms with E-state index in [-0.39, 0.29) is 11.8 Å². The van der Waals surface area contributed by atoms with Crippen LogP contribution in [0, 0.1) is 0 Å². The Balaban J connectivity index is 2.36. The highest BCUT2D eigenvalue weighted by atomic mass is 79.9. The predicted molar refractivity (Wildman–Crippen MR) is 71.5 cm³/mol. The molecule has 0 amide bonds. The SMILES string of the molecule is CCCCOc1nc2c(O)c(Br)cc(Br)c2o1. The van der Waals surface area contributed by atoms with Gasteiger partial charge in [-0.25, -0.2) is 0 Å². The molecule has 0 atom stereocenters. The molecule has 0 aliphatic carbocycles. The third-order valence-corrected chi connectivity index (χ3v) is 3.45. The van der Waals surface area contributed by atoms with Gasteiger partial charge in [-0.3, -0.25) is 0 Å². The first-order chi connectivity index (χ1) is 8.13. The quantitative estimate of drug-likeness (QED) is 0.824. The monoisotopic (exact) mass is 363 g/mol. The third kappa shape index (κ3) is 2.57. The van der Waals surface area contributed by atoms with Crippen LogP contribution in [0.4, 0.5) is 0 Å². The Bertz CT molecular complexity index is 539. The zero-order valence-corrected chi connectivity index (χ0v) is 12.3. The molecule has 4 nitrogen and oxygen atoms in total. The maximum absolute atomic E-state index is 9.82. The van der Waals surface area contributed by atoms with Crippen molar-refractivity contribution >= 4 is 43.0 Å². The van der Waals surface area contributed by atoms with E-state index in [2.05, 4.69) is 43.8 Å². The Morgan fingerprint density at radius 2 is 2.18 bits per heavy atom. The van der Waals surface area contributed by atoms with Crippen molar-refractivity contribution in [2.24, 2.45) is 0 Å². The first-order valence-corrected chi connectivity index (χ1v) is 6.82. The minimum absolute atomic E-state index is 0.0530. The van der Waals surface area contributed by atoms with Crippen molar-refractivity contribution in [3.63, 3.8) is 0 Å². The van der Waals surface area contributed by atoms with Gasteiger partial charge in [0.25, 0.3) is 0 Å². The number of phenolic OH excluding ortho intramolecular Hbond substituents is 1. The molecule has 1 aromatic heterocycles. The van der Waals surface area contributed by atoms with Crippen molar-refractivity contribution in [1.82, 2.24) is 4.98 Å². The zero-order chi connectivity index (χ0) is 12.4. The van der Waals surface area contributed by atoms with Crippen molar-refractivity contribution in [3.05, 3.63) is 15.0 Å². The molecule has 1 aromatic carbocycles. The van der Waals surface area contributed by atoms with E-state index in [1.165, 1.54) is 0 Å². The fourth-order valence-corrected chi connectivity index (χ4v) is 2.57. The summed E-state index contributed by atoms with van der Waals surface area (Å²) in [6, 6.07) is 1.71. The van der Waals surface area contributed by atoms with E-state index in [4.69, 9.17) is 9.15 Å². The number of hydrogen-bond donors (Lipinski definition) is 1. The van der Waals surface area contributed by atoms with Crippen LogP contribution >= 0.6 is 31.9 Å². The molecule has 0 saturated carbocycles. The van der Waals surface area contributed by atoms with Crippen molar-refractivity contribution in [2.75, 3.05) is 6.61 Å². The molecule has 1 heterocycles. The topological polar surface area (TPSA) is 55.5 Å². The van der Waals surface area contributed by atoms with E-state index in [9.17, 15) is 5.11 Å². The van der Waals surface area contributed by atoms with E-state index < -0.39 is 0 Å². The first kappa shape index (κ1) is 12.7. The van der Waals surface area contributed by atoms with Gasteiger partial charge in [-0.15, -0.1) is 0 Å². The number of aromatic nitrogens is 1. The highest BCUT2D eigenvalue weighted by Crippen LogP contribution is 2.39. The van der Waals surface area contributed by atoms with Gasteiger partial charge in [0.2, 0.25) is 0 Å². The number of rotatable bonds is 4. The van der Waals surface area contributed by atoms with E-state index in [1.807, 2.05) is 0 Å². The highest BCUT2D eigenvalue weighted by Gasteiger charge is 2.16. The number of aromatic hydroxyl groups is 1. The van der Waals surface area contributed by atoms with Gasteiger partial charge in [-0.2, -0.15) is 4.98 Å². The normalized spacial score (nSPS) is 11.0. The molecular formula is C11H11Br2NO3. The van der Waals surface area contributed by atoms with Gasteiger partial charge in [0, 0.05) is 0 Å². The number of phenols is 1. The molecule has 0 spiro atoms. The molecule has 0 saturated heterocycles. The standard InChI is InChI=1S/C11H11Br2NO3/c1-2-3-4-16-11-14-8-9(15)6(12)5-7(13)10(8)17-11/h5,15H,2-4H2,1H3. The van der Waals surface area contributed by atoms with Crippen LogP contribution in [0.25, 0.3) is 11.1 Å². The van der Waals surface area contributed by atoms with Crippen LogP contribution in [-0.2, 0) is 0 Å². The van der Waals surface area contributed by atoms with E-state index in [0.29, 0.717) is 22.2 Å². The van der Waals surface area contributed by atoms with Gasteiger partial charge in [-0.05, 0) is 44.3 Å². The molecule has 0 radical (unpaired) electrons. The zero-order valence-electron chi connectivity index (χ0n) is 9.17. The lowest BCUT2D eigenvalue weighted by Gasteiger charge is -1.97. The van der Waals surface area contributed by atoms with Crippen LogP contribution in [0.3, 0.4) is 0 Å². The van der Waals surface area contributed by atoms with Crippen LogP contribution in [0.2, 0.25) is 0 Å². The number of hydrogen-bond acceptors (Lipinski definition) is 4. The van der Waals surface area contributed by atoms with Gasteiger partial charge in [0.05, 0.1) is 15.6 Å². The summed E-state index contributed by atoms with van der Waals surface area (Å²) in [4.78, 5) is 4.11. The first-order valence-electron chi connectivity index (χ1n) is 5.23. The summed E-state index contributed by atoms with van der Waals surface area (Å²) in [6.07, 6.45) is 2.17. The van der Waals surface area contributed by atoms with Gasteiger partial charge < -0.3 is 14.3 Å². The summed E-state index contributed by atoms with van der Waals surface area (Å²) >= 11 is 6.58. The maximum Gasteiger partial charge on any atom is 0.394 e. The molecule has 0 fully saturated rings. The smallest absolute Gasteiger partial charge is 0.394 e. The van der Waals surface area contributed by atoms with Crippen LogP contribution in [-0.4, -0.2) is 16.7 Å². The largest absolute Gasteiger partial charge is 0.504 e. The van der Waals surface area contributed by atoms with Crippen molar-refractivity contribution in [1.29, 1.82) is 0 Å². The van der Waals surface area contributed by atoms with Crippen molar-refractivity contribution in [3.8, 4) is 11.8 Å². The van der Waals surface area contributed by atoms with Crippen molar-refractivity contribution in [2.45, 2.75) is 19.8 Å². The molecule has 2 rings (SSSR count). The summed E-state index contributed by atoms with van der Waals surface area (Å²) in [7, 11) is 0. The van der Waals surface area contributed by atoms with E-state index >= 15 is 0 Å². The average Bonchev–Trinajstić information content (AvgIpc) is 2.71. The third-order valence-electron chi connectivity index (χ3n) is 2.25. The van der Waals surface area contributed by atoms with Crippen LogP contribution in [0.1, 0.15) is 19.8 Å². The number of halogens is 2. The van der Waals surface area contributed by atoms with Crippen LogP contribution in [0.5, 0.6) is 11.8 Å². The van der Waals surface area contributed by atoms with Gasteiger partial charge >= 0.3 is 6.08 Å². The number of ether oxygens (including phenoxy) is 1.